The standard InChI is InChI=1S/C16H18N2O3S/c1-4-21-16(20)11-5-7-12(8-6-11)18-15(19)13-9(2)10(3)22-14(13)17/h5-8H,4,17H2,1-3H3,(H,18,19). The summed E-state index contributed by atoms with van der Waals surface area (Å²) in [7, 11) is 0. The van der Waals surface area contributed by atoms with Crippen LogP contribution in [0.5, 0.6) is 0 Å². The number of ether oxygens (including phenoxy) is 1. The number of nitrogens with one attached hydrogen (secondary N) is 1. The molecule has 0 radical (unpaired) electrons. The van der Waals surface area contributed by atoms with E-state index in [4.69, 9.17) is 10.5 Å². The molecule has 1 aromatic heterocycles. The van der Waals surface area contributed by atoms with Crippen LogP contribution < -0.4 is 11.1 Å². The molecule has 3 N–H and O–H groups in total. The molecule has 1 heterocycles. The molecule has 2 aromatic rings. The van der Waals surface area contributed by atoms with Gasteiger partial charge in [-0.3, -0.25) is 4.79 Å². The Labute approximate surface area is 133 Å². The summed E-state index contributed by atoms with van der Waals surface area (Å²) in [5, 5.41) is 3.30. The van der Waals surface area contributed by atoms with Crippen molar-refractivity contribution in [2.75, 3.05) is 17.7 Å². The molecule has 0 saturated heterocycles. The lowest BCUT2D eigenvalue weighted by Crippen LogP contribution is -2.14. The molecule has 0 bridgehead atoms. The molecule has 0 aliphatic rings. The number of benzene rings is 1. The molecule has 2 rings (SSSR count). The van der Waals surface area contributed by atoms with E-state index in [0.29, 0.717) is 28.4 Å². The van der Waals surface area contributed by atoms with E-state index in [0.717, 1.165) is 10.4 Å². The Kier molecular flexibility index (Phi) is 4.82. The van der Waals surface area contributed by atoms with Gasteiger partial charge in [0.1, 0.15) is 0 Å². The summed E-state index contributed by atoms with van der Waals surface area (Å²) in [6.45, 7) is 5.89. The molecule has 6 heteroatoms. The highest BCUT2D eigenvalue weighted by Gasteiger charge is 2.17. The van der Waals surface area contributed by atoms with Gasteiger partial charge in [0.05, 0.1) is 22.7 Å². The average molecular weight is 318 g/mol. The van der Waals surface area contributed by atoms with Crippen LogP contribution >= 0.6 is 11.3 Å². The Morgan fingerprint density at radius 3 is 2.36 bits per heavy atom. The summed E-state index contributed by atoms with van der Waals surface area (Å²) < 4.78 is 4.91. The first-order valence-corrected chi connectivity index (χ1v) is 7.69. The molecule has 22 heavy (non-hydrogen) atoms. The number of hydrogen-bond acceptors (Lipinski definition) is 5. The summed E-state index contributed by atoms with van der Waals surface area (Å²) in [6, 6.07) is 6.55. The predicted octanol–water partition coefficient (Wildman–Crippen LogP) is 3.38. The fraction of sp³-hybridized carbons (Fsp3) is 0.250. The molecule has 1 amide bonds. The maximum absolute atomic E-state index is 12.3. The van der Waals surface area contributed by atoms with Gasteiger partial charge in [0.2, 0.25) is 0 Å². The molecule has 0 saturated carbocycles. The first-order valence-electron chi connectivity index (χ1n) is 6.88. The zero-order valence-corrected chi connectivity index (χ0v) is 13.5. The Balaban J connectivity index is 2.14. The molecule has 5 nitrogen and oxygen atoms in total. The lowest BCUT2D eigenvalue weighted by Gasteiger charge is -2.07. The Morgan fingerprint density at radius 2 is 1.86 bits per heavy atom. The van der Waals surface area contributed by atoms with E-state index >= 15 is 0 Å². The second-order valence-electron chi connectivity index (χ2n) is 4.77. The van der Waals surface area contributed by atoms with Crippen LogP contribution in [0.1, 0.15) is 38.1 Å². The van der Waals surface area contributed by atoms with E-state index in [1.165, 1.54) is 11.3 Å². The summed E-state index contributed by atoms with van der Waals surface area (Å²) in [5.74, 6) is -0.628. The molecule has 0 fully saturated rings. The number of carbonyl (C=O) groups excluding carboxylic acids is 2. The third-order valence-corrected chi connectivity index (χ3v) is 4.33. The topological polar surface area (TPSA) is 81.4 Å². The summed E-state index contributed by atoms with van der Waals surface area (Å²) >= 11 is 1.40. The van der Waals surface area contributed by atoms with Crippen molar-refractivity contribution in [1.29, 1.82) is 0 Å². The van der Waals surface area contributed by atoms with Crippen LogP contribution in [0.15, 0.2) is 24.3 Å². The Hall–Kier alpha value is -2.34. The second kappa shape index (κ2) is 6.62. The van der Waals surface area contributed by atoms with E-state index in [-0.39, 0.29) is 11.9 Å². The van der Waals surface area contributed by atoms with Crippen LogP contribution in [0.3, 0.4) is 0 Å². The highest BCUT2D eigenvalue weighted by atomic mass is 32.1. The SMILES string of the molecule is CCOC(=O)c1ccc(NC(=O)c2c(N)sc(C)c2C)cc1. The van der Waals surface area contributed by atoms with Gasteiger partial charge >= 0.3 is 5.97 Å². The number of hydrogen-bond donors (Lipinski definition) is 2. The molecule has 0 aliphatic heterocycles. The fourth-order valence-electron chi connectivity index (χ4n) is 2.03. The van der Waals surface area contributed by atoms with Gasteiger partial charge in [0.25, 0.3) is 5.91 Å². The van der Waals surface area contributed by atoms with Crippen LogP contribution in [0.2, 0.25) is 0 Å². The van der Waals surface area contributed by atoms with Crippen molar-refractivity contribution >= 4 is 33.9 Å². The van der Waals surface area contributed by atoms with Gasteiger partial charge in [-0.2, -0.15) is 0 Å². The number of amides is 1. The first-order chi connectivity index (χ1) is 10.4. The van der Waals surface area contributed by atoms with Crippen LogP contribution in [0.4, 0.5) is 10.7 Å². The Morgan fingerprint density at radius 1 is 1.23 bits per heavy atom. The highest BCUT2D eigenvalue weighted by Crippen LogP contribution is 2.30. The second-order valence-corrected chi connectivity index (χ2v) is 6.03. The van der Waals surface area contributed by atoms with Crippen molar-refractivity contribution in [3.63, 3.8) is 0 Å². The van der Waals surface area contributed by atoms with Crippen LogP contribution in [-0.4, -0.2) is 18.5 Å². The minimum atomic E-state index is -0.381. The average Bonchev–Trinajstić information content (AvgIpc) is 2.73. The smallest absolute Gasteiger partial charge is 0.338 e. The van der Waals surface area contributed by atoms with E-state index in [9.17, 15) is 9.59 Å². The van der Waals surface area contributed by atoms with Gasteiger partial charge in [-0.05, 0) is 50.6 Å². The lowest BCUT2D eigenvalue weighted by molar-refractivity contribution is 0.0526. The van der Waals surface area contributed by atoms with Gasteiger partial charge in [0, 0.05) is 10.6 Å². The summed E-state index contributed by atoms with van der Waals surface area (Å²) in [4.78, 5) is 24.9. The van der Waals surface area contributed by atoms with Crippen molar-refractivity contribution in [2.45, 2.75) is 20.8 Å². The van der Waals surface area contributed by atoms with E-state index in [1.807, 2.05) is 13.8 Å². The molecule has 0 unspecified atom stereocenters. The lowest BCUT2D eigenvalue weighted by atomic mass is 10.1. The van der Waals surface area contributed by atoms with Crippen molar-refractivity contribution in [3.8, 4) is 0 Å². The summed E-state index contributed by atoms with van der Waals surface area (Å²) in [5.41, 5.74) is 8.34. The van der Waals surface area contributed by atoms with Crippen molar-refractivity contribution in [2.24, 2.45) is 0 Å². The van der Waals surface area contributed by atoms with Crippen LogP contribution in [0.25, 0.3) is 0 Å². The number of thiophene rings is 1. The fourth-order valence-corrected chi connectivity index (χ4v) is 2.97. The zero-order chi connectivity index (χ0) is 16.3. The summed E-state index contributed by atoms with van der Waals surface area (Å²) in [6.07, 6.45) is 0. The van der Waals surface area contributed by atoms with Crippen LogP contribution in [-0.2, 0) is 4.74 Å². The molecular weight excluding hydrogens is 300 g/mol. The number of carbonyl (C=O) groups is 2. The Bertz CT molecular complexity index is 705. The van der Waals surface area contributed by atoms with Crippen molar-refractivity contribution < 1.29 is 14.3 Å². The quantitative estimate of drug-likeness (QED) is 0.847. The van der Waals surface area contributed by atoms with E-state index in [1.54, 1.807) is 31.2 Å². The van der Waals surface area contributed by atoms with Crippen LogP contribution in [0, 0.1) is 13.8 Å². The third-order valence-electron chi connectivity index (χ3n) is 3.29. The molecular formula is C16H18N2O3S. The van der Waals surface area contributed by atoms with E-state index in [2.05, 4.69) is 5.32 Å². The number of nitrogen functional groups attached to an aromatic ring is 1. The minimum absolute atomic E-state index is 0.247. The number of aryl methyl sites for hydroxylation is 1. The molecule has 0 spiro atoms. The van der Waals surface area contributed by atoms with Gasteiger partial charge in [0.15, 0.2) is 0 Å². The first kappa shape index (κ1) is 16.0. The molecule has 0 atom stereocenters. The maximum Gasteiger partial charge on any atom is 0.338 e. The van der Waals surface area contributed by atoms with Gasteiger partial charge in [-0.1, -0.05) is 0 Å². The number of esters is 1. The highest BCUT2D eigenvalue weighted by molar-refractivity contribution is 7.16. The van der Waals surface area contributed by atoms with Gasteiger partial charge in [-0.15, -0.1) is 11.3 Å². The zero-order valence-electron chi connectivity index (χ0n) is 12.7. The monoisotopic (exact) mass is 318 g/mol. The van der Waals surface area contributed by atoms with Gasteiger partial charge < -0.3 is 15.8 Å². The largest absolute Gasteiger partial charge is 0.462 e. The predicted molar refractivity (Wildman–Crippen MR) is 88.6 cm³/mol. The maximum atomic E-state index is 12.3. The molecule has 0 aliphatic carbocycles. The van der Waals surface area contributed by atoms with Crippen molar-refractivity contribution in [3.05, 3.63) is 45.8 Å². The normalized spacial score (nSPS) is 10.3. The molecule has 1 aromatic carbocycles. The minimum Gasteiger partial charge on any atom is -0.462 e. The molecule has 116 valence electrons. The van der Waals surface area contributed by atoms with Gasteiger partial charge in [-0.25, -0.2) is 4.79 Å². The van der Waals surface area contributed by atoms with E-state index < -0.39 is 0 Å². The third kappa shape index (κ3) is 3.28. The van der Waals surface area contributed by atoms with Crippen molar-refractivity contribution in [1.82, 2.24) is 0 Å². The number of rotatable bonds is 4. The number of nitrogens with two attached hydrogens (primary N) is 1. The number of anilines is 2.